The average molecular weight is 268 g/mol. The highest BCUT2D eigenvalue weighted by atomic mass is 32.2. The molecule has 100 valence electrons. The highest BCUT2D eigenvalue weighted by molar-refractivity contribution is 7.98. The minimum Gasteiger partial charge on any atom is -0.479 e. The van der Waals surface area contributed by atoms with E-state index in [0.29, 0.717) is 13.0 Å². The van der Waals surface area contributed by atoms with E-state index in [9.17, 15) is 4.79 Å². The molecule has 0 amide bonds. The second kappa shape index (κ2) is 8.16. The van der Waals surface area contributed by atoms with E-state index in [0.717, 1.165) is 11.5 Å². The van der Waals surface area contributed by atoms with E-state index in [2.05, 4.69) is 25.1 Å². The van der Waals surface area contributed by atoms with Crippen LogP contribution in [0.4, 0.5) is 0 Å². The molecule has 18 heavy (non-hydrogen) atoms. The van der Waals surface area contributed by atoms with Gasteiger partial charge in [-0.05, 0) is 31.6 Å². The third kappa shape index (κ3) is 5.56. The van der Waals surface area contributed by atoms with E-state index in [-0.39, 0.29) is 0 Å². The summed E-state index contributed by atoms with van der Waals surface area (Å²) >= 11 is 1.74. The fraction of sp³-hybridized carbons (Fsp3) is 0.500. The smallest absolute Gasteiger partial charge is 0.332 e. The van der Waals surface area contributed by atoms with Crippen LogP contribution >= 0.6 is 11.8 Å². The van der Waals surface area contributed by atoms with Gasteiger partial charge >= 0.3 is 5.97 Å². The molecule has 1 N–H and O–H groups in total. The second-order valence-electron chi connectivity index (χ2n) is 4.11. The van der Waals surface area contributed by atoms with Crippen molar-refractivity contribution < 1.29 is 14.6 Å². The fourth-order valence-corrected chi connectivity index (χ4v) is 2.60. The SMILES string of the molecule is CCOC(CCSCc1cccc(C)c1)C(=O)O. The van der Waals surface area contributed by atoms with Crippen LogP contribution in [0.25, 0.3) is 0 Å². The molecule has 0 aliphatic carbocycles. The Morgan fingerprint density at radius 1 is 1.50 bits per heavy atom. The number of thioether (sulfide) groups is 1. The van der Waals surface area contributed by atoms with E-state index in [4.69, 9.17) is 9.84 Å². The van der Waals surface area contributed by atoms with Crippen LogP contribution in [-0.2, 0) is 15.3 Å². The molecule has 1 aromatic carbocycles. The number of aryl methyl sites for hydroxylation is 1. The van der Waals surface area contributed by atoms with E-state index in [1.165, 1.54) is 11.1 Å². The number of hydrogen-bond acceptors (Lipinski definition) is 3. The molecule has 1 atom stereocenters. The van der Waals surface area contributed by atoms with Crippen LogP contribution in [0.2, 0.25) is 0 Å². The van der Waals surface area contributed by atoms with Crippen LogP contribution in [0.15, 0.2) is 24.3 Å². The summed E-state index contributed by atoms with van der Waals surface area (Å²) in [4.78, 5) is 10.9. The minimum atomic E-state index is -0.868. The summed E-state index contributed by atoms with van der Waals surface area (Å²) in [5, 5.41) is 8.92. The van der Waals surface area contributed by atoms with Crippen molar-refractivity contribution in [2.45, 2.75) is 32.1 Å². The normalized spacial score (nSPS) is 12.3. The number of ether oxygens (including phenoxy) is 1. The molecule has 0 heterocycles. The molecule has 0 saturated carbocycles. The minimum absolute atomic E-state index is 0.444. The maximum Gasteiger partial charge on any atom is 0.332 e. The molecule has 3 nitrogen and oxygen atoms in total. The van der Waals surface area contributed by atoms with Gasteiger partial charge in [-0.15, -0.1) is 0 Å². The van der Waals surface area contributed by atoms with Crippen LogP contribution in [-0.4, -0.2) is 29.5 Å². The zero-order valence-corrected chi connectivity index (χ0v) is 11.7. The van der Waals surface area contributed by atoms with Crippen LogP contribution in [0, 0.1) is 6.92 Å². The lowest BCUT2D eigenvalue weighted by molar-refractivity contribution is -0.150. The van der Waals surface area contributed by atoms with Crippen LogP contribution < -0.4 is 0 Å². The van der Waals surface area contributed by atoms with Crippen LogP contribution in [0.1, 0.15) is 24.5 Å². The zero-order valence-electron chi connectivity index (χ0n) is 10.9. The lowest BCUT2D eigenvalue weighted by atomic mass is 10.2. The Bertz CT molecular complexity index is 379. The van der Waals surface area contributed by atoms with Gasteiger partial charge in [0, 0.05) is 12.4 Å². The van der Waals surface area contributed by atoms with Crippen molar-refractivity contribution >= 4 is 17.7 Å². The summed E-state index contributed by atoms with van der Waals surface area (Å²) < 4.78 is 5.16. The Kier molecular flexibility index (Phi) is 6.83. The molecule has 1 rings (SSSR count). The van der Waals surface area contributed by atoms with Gasteiger partial charge in [0.05, 0.1) is 0 Å². The van der Waals surface area contributed by atoms with Crippen molar-refractivity contribution in [1.29, 1.82) is 0 Å². The largest absolute Gasteiger partial charge is 0.479 e. The highest BCUT2D eigenvalue weighted by Gasteiger charge is 2.16. The van der Waals surface area contributed by atoms with E-state index >= 15 is 0 Å². The first-order chi connectivity index (χ1) is 8.63. The Morgan fingerprint density at radius 2 is 2.28 bits per heavy atom. The molecule has 1 aromatic rings. The summed E-state index contributed by atoms with van der Waals surface area (Å²) in [5.74, 6) is 0.846. The van der Waals surface area contributed by atoms with Crippen molar-refractivity contribution in [3.8, 4) is 0 Å². The molecule has 0 fully saturated rings. The van der Waals surface area contributed by atoms with E-state index in [1.807, 2.05) is 13.0 Å². The lowest BCUT2D eigenvalue weighted by Gasteiger charge is -2.11. The van der Waals surface area contributed by atoms with Crippen molar-refractivity contribution in [2.75, 3.05) is 12.4 Å². The monoisotopic (exact) mass is 268 g/mol. The number of aliphatic carboxylic acids is 1. The van der Waals surface area contributed by atoms with Crippen molar-refractivity contribution in [1.82, 2.24) is 0 Å². The maximum absolute atomic E-state index is 10.9. The third-order valence-electron chi connectivity index (χ3n) is 2.52. The van der Waals surface area contributed by atoms with E-state index < -0.39 is 12.1 Å². The summed E-state index contributed by atoms with van der Waals surface area (Å²) in [7, 11) is 0. The maximum atomic E-state index is 10.9. The molecular formula is C14H20O3S. The number of rotatable bonds is 8. The number of hydrogen-bond donors (Lipinski definition) is 1. The Labute approximate surface area is 113 Å². The number of carbonyl (C=O) groups is 1. The number of carboxylic acids is 1. The van der Waals surface area contributed by atoms with Gasteiger partial charge in [0.15, 0.2) is 6.10 Å². The molecule has 0 aliphatic rings. The predicted octanol–water partition coefficient (Wildman–Crippen LogP) is 3.11. The molecule has 0 spiro atoms. The summed E-state index contributed by atoms with van der Waals surface area (Å²) in [6, 6.07) is 8.37. The van der Waals surface area contributed by atoms with Gasteiger partial charge in [0.1, 0.15) is 0 Å². The molecule has 0 aromatic heterocycles. The average Bonchev–Trinajstić information content (AvgIpc) is 2.33. The van der Waals surface area contributed by atoms with Gasteiger partial charge in [-0.3, -0.25) is 0 Å². The summed E-state index contributed by atoms with van der Waals surface area (Å²) in [6.07, 6.45) is -0.111. The zero-order chi connectivity index (χ0) is 13.4. The number of carboxylic acid groups (broad SMARTS) is 1. The molecule has 0 saturated heterocycles. The summed E-state index contributed by atoms with van der Waals surface area (Å²) in [5.41, 5.74) is 2.54. The number of benzene rings is 1. The lowest BCUT2D eigenvalue weighted by Crippen LogP contribution is -2.24. The molecule has 1 unspecified atom stereocenters. The first-order valence-electron chi connectivity index (χ1n) is 6.11. The van der Waals surface area contributed by atoms with Crippen molar-refractivity contribution in [3.05, 3.63) is 35.4 Å². The van der Waals surface area contributed by atoms with Crippen molar-refractivity contribution in [2.24, 2.45) is 0 Å². The van der Waals surface area contributed by atoms with Gasteiger partial charge in [0.2, 0.25) is 0 Å². The van der Waals surface area contributed by atoms with Gasteiger partial charge in [-0.1, -0.05) is 29.8 Å². The third-order valence-corrected chi connectivity index (χ3v) is 3.58. The fourth-order valence-electron chi connectivity index (χ4n) is 1.66. The molecular weight excluding hydrogens is 248 g/mol. The molecule has 0 bridgehead atoms. The van der Waals surface area contributed by atoms with Crippen LogP contribution in [0.5, 0.6) is 0 Å². The van der Waals surface area contributed by atoms with Crippen LogP contribution in [0.3, 0.4) is 0 Å². The topological polar surface area (TPSA) is 46.5 Å². The Hall–Kier alpha value is -1.00. The second-order valence-corrected chi connectivity index (χ2v) is 5.22. The van der Waals surface area contributed by atoms with Crippen molar-refractivity contribution in [3.63, 3.8) is 0 Å². The molecule has 0 aliphatic heterocycles. The summed E-state index contributed by atoms with van der Waals surface area (Å²) in [6.45, 7) is 4.33. The standard InChI is InChI=1S/C14H20O3S/c1-3-17-13(14(15)16)7-8-18-10-12-6-4-5-11(2)9-12/h4-6,9,13H,3,7-8,10H2,1-2H3,(H,15,16). The molecule has 0 radical (unpaired) electrons. The Morgan fingerprint density at radius 3 is 2.89 bits per heavy atom. The van der Waals surface area contributed by atoms with Gasteiger partial charge < -0.3 is 9.84 Å². The van der Waals surface area contributed by atoms with E-state index in [1.54, 1.807) is 11.8 Å². The Balaban J connectivity index is 2.27. The highest BCUT2D eigenvalue weighted by Crippen LogP contribution is 2.15. The van der Waals surface area contributed by atoms with Gasteiger partial charge in [0.25, 0.3) is 0 Å². The quantitative estimate of drug-likeness (QED) is 0.736. The van der Waals surface area contributed by atoms with Gasteiger partial charge in [-0.25, -0.2) is 4.79 Å². The first kappa shape index (κ1) is 15.1. The first-order valence-corrected chi connectivity index (χ1v) is 7.26. The predicted molar refractivity (Wildman–Crippen MR) is 75.0 cm³/mol. The molecule has 4 heteroatoms. The van der Waals surface area contributed by atoms with Gasteiger partial charge in [-0.2, -0.15) is 11.8 Å².